The van der Waals surface area contributed by atoms with Crippen LogP contribution in [0.2, 0.25) is 0 Å². The van der Waals surface area contributed by atoms with Crippen molar-refractivity contribution in [2.75, 3.05) is 16.4 Å². The normalized spacial score (nSPS) is 10.4. The molecule has 0 bridgehead atoms. The van der Waals surface area contributed by atoms with Gasteiger partial charge in [-0.15, -0.1) is 11.8 Å². The summed E-state index contributed by atoms with van der Waals surface area (Å²) in [4.78, 5) is 25.6. The van der Waals surface area contributed by atoms with E-state index in [4.69, 9.17) is 0 Å². The molecule has 0 aliphatic carbocycles. The van der Waals surface area contributed by atoms with E-state index in [0.29, 0.717) is 11.3 Å². The number of nitrogens with one attached hydrogen (secondary N) is 2. The van der Waals surface area contributed by atoms with Gasteiger partial charge in [0.25, 0.3) is 5.91 Å². The fraction of sp³-hybridized carbons (Fsp3) is 0.167. The lowest BCUT2D eigenvalue weighted by molar-refractivity contribution is -0.113. The van der Waals surface area contributed by atoms with Crippen LogP contribution in [0.15, 0.2) is 71.6 Å². The van der Waals surface area contributed by atoms with E-state index in [2.05, 4.69) is 10.6 Å². The number of amides is 2. The average Bonchev–Trinajstić information content (AvgIpc) is 2.70. The van der Waals surface area contributed by atoms with Gasteiger partial charge in [0.1, 0.15) is 0 Å². The number of anilines is 2. The van der Waals surface area contributed by atoms with E-state index in [9.17, 15) is 9.59 Å². The lowest BCUT2D eigenvalue weighted by Crippen LogP contribution is -2.15. The van der Waals surface area contributed by atoms with Gasteiger partial charge in [-0.3, -0.25) is 9.59 Å². The molecule has 3 rings (SSSR count). The number of carbonyl (C=O) groups is 2. The zero-order chi connectivity index (χ0) is 20.8. The van der Waals surface area contributed by atoms with Gasteiger partial charge in [-0.1, -0.05) is 35.9 Å². The minimum Gasteiger partial charge on any atom is -0.325 e. The molecule has 0 heterocycles. The van der Waals surface area contributed by atoms with Crippen molar-refractivity contribution < 1.29 is 9.59 Å². The molecule has 0 atom stereocenters. The highest BCUT2D eigenvalue weighted by molar-refractivity contribution is 8.00. The Morgan fingerprint density at radius 1 is 0.828 bits per heavy atom. The minimum atomic E-state index is -0.128. The molecule has 0 aromatic heterocycles. The molecule has 0 unspecified atom stereocenters. The monoisotopic (exact) mass is 404 g/mol. The summed E-state index contributed by atoms with van der Waals surface area (Å²) in [5, 5.41) is 5.86. The highest BCUT2D eigenvalue weighted by Gasteiger charge is 2.09. The predicted octanol–water partition coefficient (Wildman–Crippen LogP) is 5.59. The first-order valence-electron chi connectivity index (χ1n) is 9.39. The highest BCUT2D eigenvalue weighted by Crippen LogP contribution is 2.22. The molecule has 4 nitrogen and oxygen atoms in total. The molecule has 2 N–H and O–H groups in total. The van der Waals surface area contributed by atoms with Crippen molar-refractivity contribution in [2.45, 2.75) is 25.7 Å². The molecule has 0 saturated carbocycles. The molecule has 5 heteroatoms. The number of aryl methyl sites for hydroxylation is 3. The van der Waals surface area contributed by atoms with Gasteiger partial charge in [0, 0.05) is 21.8 Å². The van der Waals surface area contributed by atoms with Crippen molar-refractivity contribution in [3.63, 3.8) is 0 Å². The molecule has 0 saturated heterocycles. The maximum atomic E-state index is 12.4. The van der Waals surface area contributed by atoms with Crippen LogP contribution < -0.4 is 10.6 Å². The van der Waals surface area contributed by atoms with E-state index in [1.54, 1.807) is 0 Å². The van der Waals surface area contributed by atoms with Crippen LogP contribution in [-0.4, -0.2) is 17.6 Å². The number of carbonyl (C=O) groups excluding carboxylic acids is 2. The summed E-state index contributed by atoms with van der Waals surface area (Å²) in [6.07, 6.45) is 0. The fourth-order valence-corrected chi connectivity index (χ4v) is 3.65. The van der Waals surface area contributed by atoms with E-state index < -0.39 is 0 Å². The summed E-state index contributed by atoms with van der Waals surface area (Å²) >= 11 is 1.46. The van der Waals surface area contributed by atoms with Gasteiger partial charge < -0.3 is 10.6 Å². The van der Waals surface area contributed by atoms with Crippen molar-refractivity contribution in [3.05, 3.63) is 89.0 Å². The Kier molecular flexibility index (Phi) is 6.73. The van der Waals surface area contributed by atoms with Gasteiger partial charge in [-0.25, -0.2) is 0 Å². The second kappa shape index (κ2) is 9.43. The highest BCUT2D eigenvalue weighted by atomic mass is 32.2. The standard InChI is InChI=1S/C24H24N2O2S/c1-16-8-13-22(18(3)14-16)26-23(27)15-29-20-11-9-19(10-12-20)25-24(28)21-7-5-4-6-17(21)2/h4-14H,15H2,1-3H3,(H,25,28)(H,26,27). The van der Waals surface area contributed by atoms with Gasteiger partial charge in [-0.2, -0.15) is 0 Å². The van der Waals surface area contributed by atoms with E-state index in [1.807, 2.05) is 87.5 Å². The number of hydrogen-bond donors (Lipinski definition) is 2. The first kappa shape index (κ1) is 20.7. The summed E-state index contributed by atoms with van der Waals surface area (Å²) in [6.45, 7) is 5.93. The Morgan fingerprint density at radius 3 is 2.24 bits per heavy atom. The van der Waals surface area contributed by atoms with Crippen LogP contribution in [0.25, 0.3) is 0 Å². The third-order valence-corrected chi connectivity index (χ3v) is 5.54. The van der Waals surface area contributed by atoms with Crippen LogP contribution in [-0.2, 0) is 4.79 Å². The molecular weight excluding hydrogens is 380 g/mol. The molecule has 0 aliphatic heterocycles. The Balaban J connectivity index is 1.53. The Labute approximate surface area is 175 Å². The molecule has 0 aliphatic rings. The van der Waals surface area contributed by atoms with Crippen molar-refractivity contribution in [3.8, 4) is 0 Å². The Hall–Kier alpha value is -3.05. The third kappa shape index (κ3) is 5.72. The maximum absolute atomic E-state index is 12.4. The van der Waals surface area contributed by atoms with Crippen LogP contribution >= 0.6 is 11.8 Å². The number of rotatable bonds is 6. The van der Waals surface area contributed by atoms with Gasteiger partial charge in [0.15, 0.2) is 0 Å². The van der Waals surface area contributed by atoms with Crippen LogP contribution in [0, 0.1) is 20.8 Å². The summed E-state index contributed by atoms with van der Waals surface area (Å²) in [5.74, 6) is 0.151. The van der Waals surface area contributed by atoms with E-state index >= 15 is 0 Å². The summed E-state index contributed by atoms with van der Waals surface area (Å²) in [7, 11) is 0. The zero-order valence-corrected chi connectivity index (χ0v) is 17.6. The molecule has 0 radical (unpaired) electrons. The number of hydrogen-bond acceptors (Lipinski definition) is 3. The second-order valence-electron chi connectivity index (χ2n) is 6.95. The molecule has 3 aromatic rings. The second-order valence-corrected chi connectivity index (χ2v) is 8.00. The largest absolute Gasteiger partial charge is 0.325 e. The smallest absolute Gasteiger partial charge is 0.255 e. The molecule has 2 amide bonds. The van der Waals surface area contributed by atoms with Gasteiger partial charge >= 0.3 is 0 Å². The summed E-state index contributed by atoms with van der Waals surface area (Å²) in [5.41, 5.74) is 5.39. The van der Waals surface area contributed by atoms with Crippen molar-refractivity contribution >= 4 is 35.0 Å². The number of benzene rings is 3. The molecule has 0 fully saturated rings. The van der Waals surface area contributed by atoms with Crippen molar-refractivity contribution in [2.24, 2.45) is 0 Å². The third-order valence-electron chi connectivity index (χ3n) is 4.53. The first-order chi connectivity index (χ1) is 13.9. The van der Waals surface area contributed by atoms with E-state index in [-0.39, 0.29) is 11.8 Å². The fourth-order valence-electron chi connectivity index (χ4n) is 2.95. The molecule has 3 aromatic carbocycles. The molecule has 0 spiro atoms. The first-order valence-corrected chi connectivity index (χ1v) is 10.4. The van der Waals surface area contributed by atoms with E-state index in [1.165, 1.54) is 17.3 Å². The van der Waals surface area contributed by atoms with Gasteiger partial charge in [0.2, 0.25) is 5.91 Å². The Morgan fingerprint density at radius 2 is 1.55 bits per heavy atom. The van der Waals surface area contributed by atoms with Crippen LogP contribution in [0.5, 0.6) is 0 Å². The SMILES string of the molecule is Cc1ccc(NC(=O)CSc2ccc(NC(=O)c3ccccc3C)cc2)c(C)c1. The van der Waals surface area contributed by atoms with Crippen molar-refractivity contribution in [1.29, 1.82) is 0 Å². The zero-order valence-electron chi connectivity index (χ0n) is 16.8. The van der Waals surface area contributed by atoms with Crippen LogP contribution in [0.1, 0.15) is 27.0 Å². The van der Waals surface area contributed by atoms with Gasteiger partial charge in [-0.05, 0) is 68.3 Å². The molecule has 29 heavy (non-hydrogen) atoms. The van der Waals surface area contributed by atoms with Gasteiger partial charge in [0.05, 0.1) is 5.75 Å². The average molecular weight is 405 g/mol. The van der Waals surface area contributed by atoms with Crippen molar-refractivity contribution in [1.82, 2.24) is 0 Å². The lowest BCUT2D eigenvalue weighted by Gasteiger charge is -2.10. The minimum absolute atomic E-state index is 0.0427. The predicted molar refractivity (Wildman–Crippen MR) is 121 cm³/mol. The van der Waals surface area contributed by atoms with E-state index in [0.717, 1.165) is 27.4 Å². The number of thioether (sulfide) groups is 1. The topological polar surface area (TPSA) is 58.2 Å². The van der Waals surface area contributed by atoms with Crippen LogP contribution in [0.3, 0.4) is 0 Å². The lowest BCUT2D eigenvalue weighted by atomic mass is 10.1. The summed E-state index contributed by atoms with van der Waals surface area (Å²) in [6, 6.07) is 21.0. The Bertz CT molecular complexity index is 1030. The molecule has 148 valence electrons. The molecular formula is C24H24N2O2S. The van der Waals surface area contributed by atoms with Crippen LogP contribution in [0.4, 0.5) is 11.4 Å². The quantitative estimate of drug-likeness (QED) is 0.526. The summed E-state index contributed by atoms with van der Waals surface area (Å²) < 4.78 is 0. The maximum Gasteiger partial charge on any atom is 0.255 e.